The van der Waals surface area contributed by atoms with Crippen molar-refractivity contribution in [1.29, 1.82) is 0 Å². The highest BCUT2D eigenvalue weighted by molar-refractivity contribution is 14.0. The molecule has 172 valence electrons. The van der Waals surface area contributed by atoms with Gasteiger partial charge in [0.05, 0.1) is 19.3 Å². The Hall–Kier alpha value is -0.120. The highest BCUT2D eigenvalue weighted by Crippen LogP contribution is 2.19. The van der Waals surface area contributed by atoms with E-state index in [1.165, 1.54) is 38.5 Å². The Bertz CT molecular complexity index is 433. The number of piperazine rings is 1. The van der Waals surface area contributed by atoms with Crippen molar-refractivity contribution in [2.24, 2.45) is 10.9 Å². The van der Waals surface area contributed by atoms with Crippen LogP contribution in [0.1, 0.15) is 59.3 Å². The molecule has 1 unspecified atom stereocenters. The molecule has 0 amide bonds. The fraction of sp³-hybridized carbons (Fsp3) is 0.955. The third-order valence-electron chi connectivity index (χ3n) is 6.11. The summed E-state index contributed by atoms with van der Waals surface area (Å²) in [6.45, 7) is 14.7. The summed E-state index contributed by atoms with van der Waals surface area (Å²) in [5.74, 6) is 1.53. The lowest BCUT2D eigenvalue weighted by Gasteiger charge is -2.39. The van der Waals surface area contributed by atoms with E-state index in [0.717, 1.165) is 58.4 Å². The molecule has 0 aromatic rings. The van der Waals surface area contributed by atoms with Gasteiger partial charge in [-0.05, 0) is 32.7 Å². The molecule has 0 aromatic heterocycles. The molecule has 1 saturated carbocycles. The van der Waals surface area contributed by atoms with Crippen LogP contribution in [0.5, 0.6) is 0 Å². The molecule has 0 bridgehead atoms. The quantitative estimate of drug-likeness (QED) is 0.160. The lowest BCUT2D eigenvalue weighted by molar-refractivity contribution is 0.0468. The van der Waals surface area contributed by atoms with Gasteiger partial charge in [-0.1, -0.05) is 39.5 Å². The van der Waals surface area contributed by atoms with Crippen molar-refractivity contribution in [3.05, 3.63) is 0 Å². The maximum atomic E-state index is 6.10. The molecule has 0 spiro atoms. The van der Waals surface area contributed by atoms with Crippen molar-refractivity contribution in [2.75, 3.05) is 59.5 Å². The predicted molar refractivity (Wildman–Crippen MR) is 135 cm³/mol. The number of nitrogens with zero attached hydrogens (tertiary/aromatic N) is 3. The fourth-order valence-corrected chi connectivity index (χ4v) is 4.23. The second-order valence-electron chi connectivity index (χ2n) is 8.78. The molecule has 2 fully saturated rings. The van der Waals surface area contributed by atoms with Crippen LogP contribution in [-0.2, 0) is 4.74 Å². The van der Waals surface area contributed by atoms with E-state index in [0.29, 0.717) is 18.1 Å². The summed E-state index contributed by atoms with van der Waals surface area (Å²) < 4.78 is 6.10. The smallest absolute Gasteiger partial charge is 0.191 e. The Morgan fingerprint density at radius 2 is 1.69 bits per heavy atom. The van der Waals surface area contributed by atoms with Crippen LogP contribution in [0.3, 0.4) is 0 Å². The molecule has 1 aliphatic carbocycles. The van der Waals surface area contributed by atoms with Gasteiger partial charge in [0, 0.05) is 45.3 Å². The number of nitrogens with one attached hydrogen (secondary N) is 2. The van der Waals surface area contributed by atoms with Crippen LogP contribution in [0.2, 0.25) is 0 Å². The van der Waals surface area contributed by atoms with Gasteiger partial charge in [0.25, 0.3) is 0 Å². The Balaban J connectivity index is 0.00000420. The first-order valence-corrected chi connectivity index (χ1v) is 11.7. The van der Waals surface area contributed by atoms with Gasteiger partial charge < -0.3 is 20.3 Å². The number of likely N-dealkylation sites (N-methyl/N-ethyl adjacent to an activating group) is 1. The van der Waals surface area contributed by atoms with E-state index < -0.39 is 0 Å². The van der Waals surface area contributed by atoms with Gasteiger partial charge in [-0.25, -0.2) is 0 Å². The zero-order valence-corrected chi connectivity index (χ0v) is 21.6. The van der Waals surface area contributed by atoms with E-state index in [-0.39, 0.29) is 24.0 Å². The molecular weight excluding hydrogens is 477 g/mol. The fourth-order valence-electron chi connectivity index (χ4n) is 4.23. The lowest BCUT2D eigenvalue weighted by atomic mass is 10.0. The third-order valence-corrected chi connectivity index (χ3v) is 6.11. The highest BCUT2D eigenvalue weighted by atomic mass is 127. The summed E-state index contributed by atoms with van der Waals surface area (Å²) in [5, 5.41) is 6.86. The Kier molecular flexibility index (Phi) is 14.5. The van der Waals surface area contributed by atoms with Gasteiger partial charge in [-0.2, -0.15) is 0 Å². The normalized spacial score (nSPS) is 21.5. The second-order valence-corrected chi connectivity index (χ2v) is 8.78. The van der Waals surface area contributed by atoms with Crippen molar-refractivity contribution in [1.82, 2.24) is 20.4 Å². The van der Waals surface area contributed by atoms with E-state index in [2.05, 4.69) is 48.3 Å². The van der Waals surface area contributed by atoms with Gasteiger partial charge in [0.15, 0.2) is 5.96 Å². The summed E-state index contributed by atoms with van der Waals surface area (Å²) in [7, 11) is 2.21. The standard InChI is InChI=1S/C22H45N5O.HI/c1-5-23-22(24-12-17-28-20-10-8-6-7-9-11-20)25-18-21(19(2)3)27-15-13-26(4)14-16-27;/h19-21H,5-18H2,1-4H3,(H2,23,24,25);1H. The SMILES string of the molecule is CCNC(=NCC(C(C)C)N1CCN(C)CC1)NCCOC1CCCCCC1.I. The van der Waals surface area contributed by atoms with Gasteiger partial charge in [-0.15, -0.1) is 24.0 Å². The van der Waals surface area contributed by atoms with Crippen LogP contribution in [-0.4, -0.2) is 87.4 Å². The number of guanidine groups is 1. The second kappa shape index (κ2) is 15.6. The van der Waals surface area contributed by atoms with Crippen LogP contribution in [0.4, 0.5) is 0 Å². The number of hydrogen-bond donors (Lipinski definition) is 2. The number of halogens is 1. The third kappa shape index (κ3) is 10.6. The van der Waals surface area contributed by atoms with Crippen LogP contribution >= 0.6 is 24.0 Å². The van der Waals surface area contributed by atoms with Crippen LogP contribution in [0, 0.1) is 5.92 Å². The number of aliphatic imine (C=N–C) groups is 1. The van der Waals surface area contributed by atoms with E-state index in [4.69, 9.17) is 9.73 Å². The number of ether oxygens (including phenoxy) is 1. The molecular formula is C22H46IN5O. The zero-order valence-electron chi connectivity index (χ0n) is 19.3. The average Bonchev–Trinajstić information content (AvgIpc) is 2.95. The van der Waals surface area contributed by atoms with Crippen molar-refractivity contribution >= 4 is 29.9 Å². The zero-order chi connectivity index (χ0) is 20.2. The van der Waals surface area contributed by atoms with E-state index in [1.54, 1.807) is 0 Å². The van der Waals surface area contributed by atoms with Crippen molar-refractivity contribution in [3.63, 3.8) is 0 Å². The molecule has 7 heteroatoms. The molecule has 0 aromatic carbocycles. The molecule has 1 heterocycles. The van der Waals surface area contributed by atoms with Crippen molar-refractivity contribution in [3.8, 4) is 0 Å². The lowest BCUT2D eigenvalue weighted by Crippen LogP contribution is -2.52. The first kappa shape index (κ1) is 26.9. The van der Waals surface area contributed by atoms with Gasteiger partial charge in [-0.3, -0.25) is 9.89 Å². The largest absolute Gasteiger partial charge is 0.376 e. The maximum absolute atomic E-state index is 6.10. The number of rotatable bonds is 9. The highest BCUT2D eigenvalue weighted by Gasteiger charge is 2.24. The monoisotopic (exact) mass is 523 g/mol. The molecule has 1 atom stereocenters. The molecule has 1 aliphatic heterocycles. The first-order chi connectivity index (χ1) is 13.6. The van der Waals surface area contributed by atoms with Crippen molar-refractivity contribution < 1.29 is 4.74 Å². The topological polar surface area (TPSA) is 52.1 Å². The van der Waals surface area contributed by atoms with Gasteiger partial charge >= 0.3 is 0 Å². The summed E-state index contributed by atoms with van der Waals surface area (Å²) in [6.07, 6.45) is 8.33. The Morgan fingerprint density at radius 3 is 2.28 bits per heavy atom. The van der Waals surface area contributed by atoms with Crippen LogP contribution in [0.15, 0.2) is 4.99 Å². The molecule has 2 N–H and O–H groups in total. The number of hydrogen-bond acceptors (Lipinski definition) is 4. The maximum Gasteiger partial charge on any atom is 0.191 e. The minimum atomic E-state index is 0. The summed E-state index contributed by atoms with van der Waals surface area (Å²) in [5.41, 5.74) is 0. The Morgan fingerprint density at radius 1 is 1.03 bits per heavy atom. The minimum Gasteiger partial charge on any atom is -0.376 e. The van der Waals surface area contributed by atoms with E-state index in [1.807, 2.05) is 0 Å². The molecule has 1 saturated heterocycles. The van der Waals surface area contributed by atoms with Gasteiger partial charge in [0.2, 0.25) is 0 Å². The molecule has 2 aliphatic rings. The van der Waals surface area contributed by atoms with Crippen LogP contribution < -0.4 is 10.6 Å². The van der Waals surface area contributed by atoms with Gasteiger partial charge in [0.1, 0.15) is 0 Å². The van der Waals surface area contributed by atoms with Crippen molar-refractivity contribution in [2.45, 2.75) is 71.4 Å². The average molecular weight is 524 g/mol. The summed E-state index contributed by atoms with van der Waals surface area (Å²) >= 11 is 0. The molecule has 6 nitrogen and oxygen atoms in total. The van der Waals surface area contributed by atoms with E-state index in [9.17, 15) is 0 Å². The van der Waals surface area contributed by atoms with E-state index >= 15 is 0 Å². The molecule has 2 rings (SSSR count). The van der Waals surface area contributed by atoms with Crippen LogP contribution in [0.25, 0.3) is 0 Å². The minimum absolute atomic E-state index is 0. The first-order valence-electron chi connectivity index (χ1n) is 11.7. The predicted octanol–water partition coefficient (Wildman–Crippen LogP) is 3.17. The summed E-state index contributed by atoms with van der Waals surface area (Å²) in [4.78, 5) is 9.94. The molecule has 29 heavy (non-hydrogen) atoms. The Labute approximate surface area is 196 Å². The summed E-state index contributed by atoms with van der Waals surface area (Å²) in [6, 6.07) is 0.506. The molecule has 0 radical (unpaired) electrons.